The van der Waals surface area contributed by atoms with E-state index in [-0.39, 0.29) is 18.1 Å². The van der Waals surface area contributed by atoms with Crippen LogP contribution in [0.5, 0.6) is 5.88 Å². The molecule has 0 bridgehead atoms. The number of halogens is 2. The number of methoxy groups -OCH3 is 1. The average Bonchev–Trinajstić information content (AvgIpc) is 2.17. The Morgan fingerprint density at radius 1 is 1.57 bits per heavy atom. The minimum atomic E-state index is -2.73. The van der Waals surface area contributed by atoms with Gasteiger partial charge in [-0.3, -0.25) is 0 Å². The van der Waals surface area contributed by atoms with Crippen molar-refractivity contribution in [3.63, 3.8) is 0 Å². The molecule has 0 radical (unpaired) electrons. The number of nitrogens with zero attached hydrogens (tertiary/aromatic N) is 1. The molecule has 0 fully saturated rings. The van der Waals surface area contributed by atoms with E-state index in [1.54, 1.807) is 0 Å². The number of alkyl halides is 2. The number of anilines is 1. The Morgan fingerprint density at radius 2 is 2.21 bits per heavy atom. The van der Waals surface area contributed by atoms with Gasteiger partial charge < -0.3 is 16.2 Å². The number of nitrogens with two attached hydrogens (primary N) is 2. The number of nitrogen functional groups attached to an aromatic ring is 1. The second kappa shape index (κ2) is 4.19. The SMILES string of the molecule is COc1cc(CN)c(N)c(C(F)F)n1. The predicted octanol–water partition coefficient (Wildman–Crippen LogP) is 1.07. The fourth-order valence-corrected chi connectivity index (χ4v) is 1.04. The van der Waals surface area contributed by atoms with Gasteiger partial charge in [-0.1, -0.05) is 0 Å². The molecular weight excluding hydrogens is 192 g/mol. The van der Waals surface area contributed by atoms with Crippen LogP contribution < -0.4 is 16.2 Å². The number of ether oxygens (including phenoxy) is 1. The van der Waals surface area contributed by atoms with Crippen LogP contribution in [0, 0.1) is 0 Å². The second-order valence-corrected chi connectivity index (χ2v) is 2.63. The maximum atomic E-state index is 12.4. The summed E-state index contributed by atoms with van der Waals surface area (Å²) in [6, 6.07) is 1.45. The van der Waals surface area contributed by atoms with Crippen molar-refractivity contribution in [1.82, 2.24) is 4.98 Å². The smallest absolute Gasteiger partial charge is 0.282 e. The minimum absolute atomic E-state index is 0.0664. The van der Waals surface area contributed by atoms with E-state index in [1.165, 1.54) is 13.2 Å². The Morgan fingerprint density at radius 3 is 2.64 bits per heavy atom. The van der Waals surface area contributed by atoms with E-state index in [0.29, 0.717) is 5.56 Å². The molecule has 0 atom stereocenters. The highest BCUT2D eigenvalue weighted by molar-refractivity contribution is 5.53. The molecule has 1 rings (SSSR count). The lowest BCUT2D eigenvalue weighted by atomic mass is 10.2. The molecule has 4 N–H and O–H groups in total. The average molecular weight is 203 g/mol. The summed E-state index contributed by atoms with van der Waals surface area (Å²) in [5.41, 5.74) is 10.6. The third-order valence-electron chi connectivity index (χ3n) is 1.79. The minimum Gasteiger partial charge on any atom is -0.481 e. The number of hydrogen-bond donors (Lipinski definition) is 2. The van der Waals surface area contributed by atoms with E-state index in [0.717, 1.165) is 0 Å². The summed E-state index contributed by atoms with van der Waals surface area (Å²) in [6.45, 7) is 0.0738. The lowest BCUT2D eigenvalue weighted by Crippen LogP contribution is -2.08. The van der Waals surface area contributed by atoms with Gasteiger partial charge in [-0.25, -0.2) is 13.8 Å². The second-order valence-electron chi connectivity index (χ2n) is 2.63. The molecule has 0 aromatic carbocycles. The lowest BCUT2D eigenvalue weighted by Gasteiger charge is -2.10. The fraction of sp³-hybridized carbons (Fsp3) is 0.375. The van der Waals surface area contributed by atoms with Crippen LogP contribution in [0.15, 0.2) is 6.07 Å². The quantitative estimate of drug-likeness (QED) is 0.770. The molecule has 1 aromatic heterocycles. The topological polar surface area (TPSA) is 74.2 Å². The molecule has 14 heavy (non-hydrogen) atoms. The van der Waals surface area contributed by atoms with Crippen molar-refractivity contribution in [3.05, 3.63) is 17.3 Å². The number of hydrogen-bond acceptors (Lipinski definition) is 4. The summed E-state index contributed by atoms with van der Waals surface area (Å²) in [4.78, 5) is 3.55. The molecule has 1 heterocycles. The zero-order valence-corrected chi connectivity index (χ0v) is 7.63. The summed E-state index contributed by atoms with van der Waals surface area (Å²) in [5.74, 6) is 0.0925. The van der Waals surface area contributed by atoms with Gasteiger partial charge in [0.15, 0.2) is 0 Å². The monoisotopic (exact) mass is 203 g/mol. The first-order valence-corrected chi connectivity index (χ1v) is 3.91. The Labute approximate surface area is 79.9 Å². The molecule has 4 nitrogen and oxygen atoms in total. The van der Waals surface area contributed by atoms with Crippen molar-refractivity contribution < 1.29 is 13.5 Å². The Bertz CT molecular complexity index is 331. The van der Waals surface area contributed by atoms with Crippen LogP contribution in [0.3, 0.4) is 0 Å². The van der Waals surface area contributed by atoms with Gasteiger partial charge in [-0.15, -0.1) is 0 Å². The van der Waals surface area contributed by atoms with Crippen molar-refractivity contribution in [2.24, 2.45) is 5.73 Å². The van der Waals surface area contributed by atoms with E-state index in [1.807, 2.05) is 0 Å². The van der Waals surface area contributed by atoms with Crippen LogP contribution in [0.2, 0.25) is 0 Å². The summed E-state index contributed by atoms with van der Waals surface area (Å²) >= 11 is 0. The predicted molar refractivity (Wildman–Crippen MR) is 48.0 cm³/mol. The normalized spacial score (nSPS) is 10.6. The van der Waals surface area contributed by atoms with E-state index in [4.69, 9.17) is 16.2 Å². The Kier molecular flexibility index (Phi) is 3.19. The van der Waals surface area contributed by atoms with Crippen molar-refractivity contribution in [3.8, 4) is 5.88 Å². The van der Waals surface area contributed by atoms with Gasteiger partial charge in [0.2, 0.25) is 5.88 Å². The van der Waals surface area contributed by atoms with Crippen molar-refractivity contribution in [2.75, 3.05) is 12.8 Å². The van der Waals surface area contributed by atoms with E-state index < -0.39 is 12.1 Å². The standard InChI is InChI=1S/C8H11F2N3O/c1-14-5-2-4(3-11)6(12)7(13-5)8(9)10/h2,8H,3,11-12H2,1H3. The highest BCUT2D eigenvalue weighted by atomic mass is 19.3. The molecule has 0 amide bonds. The van der Waals surface area contributed by atoms with Gasteiger partial charge in [-0.2, -0.15) is 0 Å². The first kappa shape index (κ1) is 10.6. The zero-order chi connectivity index (χ0) is 10.7. The van der Waals surface area contributed by atoms with Crippen LogP contribution in [0.1, 0.15) is 17.7 Å². The number of aromatic nitrogens is 1. The molecule has 1 aromatic rings. The van der Waals surface area contributed by atoms with Crippen LogP contribution in [0.25, 0.3) is 0 Å². The van der Waals surface area contributed by atoms with Gasteiger partial charge in [0.1, 0.15) is 5.69 Å². The molecule has 0 aliphatic heterocycles. The highest BCUT2D eigenvalue weighted by Crippen LogP contribution is 2.28. The van der Waals surface area contributed by atoms with E-state index in [2.05, 4.69) is 4.98 Å². The third kappa shape index (κ3) is 1.90. The molecular formula is C8H11F2N3O. The molecule has 0 aliphatic carbocycles. The van der Waals surface area contributed by atoms with Gasteiger partial charge >= 0.3 is 0 Å². The van der Waals surface area contributed by atoms with E-state index in [9.17, 15) is 8.78 Å². The molecule has 6 heteroatoms. The van der Waals surface area contributed by atoms with Crippen molar-refractivity contribution in [1.29, 1.82) is 0 Å². The fourth-order valence-electron chi connectivity index (χ4n) is 1.04. The summed E-state index contributed by atoms with van der Waals surface area (Å²) in [5, 5.41) is 0. The summed E-state index contributed by atoms with van der Waals surface area (Å²) < 4.78 is 29.6. The lowest BCUT2D eigenvalue weighted by molar-refractivity contribution is 0.146. The summed E-state index contributed by atoms with van der Waals surface area (Å²) in [6.07, 6.45) is -2.73. The molecule has 0 saturated carbocycles. The Hall–Kier alpha value is -1.43. The first-order valence-electron chi connectivity index (χ1n) is 3.91. The third-order valence-corrected chi connectivity index (χ3v) is 1.79. The van der Waals surface area contributed by atoms with Gasteiger partial charge in [0.25, 0.3) is 6.43 Å². The zero-order valence-electron chi connectivity index (χ0n) is 7.63. The molecule has 0 spiro atoms. The number of pyridine rings is 1. The first-order chi connectivity index (χ1) is 6.60. The molecule has 78 valence electrons. The summed E-state index contributed by atoms with van der Waals surface area (Å²) in [7, 11) is 1.34. The van der Waals surface area contributed by atoms with Crippen LogP contribution in [0.4, 0.5) is 14.5 Å². The molecule has 0 unspecified atom stereocenters. The maximum Gasteiger partial charge on any atom is 0.282 e. The van der Waals surface area contributed by atoms with E-state index >= 15 is 0 Å². The van der Waals surface area contributed by atoms with Crippen LogP contribution >= 0.6 is 0 Å². The van der Waals surface area contributed by atoms with Crippen LogP contribution in [-0.4, -0.2) is 12.1 Å². The van der Waals surface area contributed by atoms with Gasteiger partial charge in [0.05, 0.1) is 12.8 Å². The molecule has 0 aliphatic rings. The Balaban J connectivity index is 3.27. The van der Waals surface area contributed by atoms with Crippen molar-refractivity contribution >= 4 is 5.69 Å². The number of rotatable bonds is 3. The highest BCUT2D eigenvalue weighted by Gasteiger charge is 2.17. The largest absolute Gasteiger partial charge is 0.481 e. The van der Waals surface area contributed by atoms with Gasteiger partial charge in [-0.05, 0) is 5.56 Å². The van der Waals surface area contributed by atoms with Crippen molar-refractivity contribution in [2.45, 2.75) is 13.0 Å². The van der Waals surface area contributed by atoms with Crippen LogP contribution in [-0.2, 0) is 6.54 Å². The maximum absolute atomic E-state index is 12.4. The van der Waals surface area contributed by atoms with Gasteiger partial charge in [0, 0.05) is 12.6 Å². The molecule has 0 saturated heterocycles.